The number of nitro benzene ring substituents is 1. The van der Waals surface area contributed by atoms with Gasteiger partial charge in [0.1, 0.15) is 16.8 Å². The number of ether oxygens (including phenoxy) is 1. The van der Waals surface area contributed by atoms with Gasteiger partial charge in [0.25, 0.3) is 5.69 Å². The molecule has 0 heterocycles. The highest BCUT2D eigenvalue weighted by Crippen LogP contribution is 2.32. The van der Waals surface area contributed by atoms with Crippen LogP contribution in [0.15, 0.2) is 12.1 Å². The minimum Gasteiger partial charge on any atom is -0.463 e. The van der Waals surface area contributed by atoms with Gasteiger partial charge in [-0.2, -0.15) is 5.26 Å². The number of hydrogen-bond donors (Lipinski definition) is 0. The van der Waals surface area contributed by atoms with Gasteiger partial charge in [-0.3, -0.25) is 10.1 Å². The Morgan fingerprint density at radius 1 is 1.67 bits per heavy atom. The van der Waals surface area contributed by atoms with E-state index in [0.717, 1.165) is 12.1 Å². The lowest BCUT2D eigenvalue weighted by Crippen LogP contribution is -1.96. The van der Waals surface area contributed by atoms with E-state index in [0.29, 0.717) is 0 Å². The summed E-state index contributed by atoms with van der Waals surface area (Å²) in [6, 6.07) is 3.75. The highest BCUT2D eigenvalue weighted by atomic mass is 35.5. The minimum atomic E-state index is -1.14. The van der Waals surface area contributed by atoms with Crippen LogP contribution in [0.5, 0.6) is 5.75 Å². The van der Waals surface area contributed by atoms with E-state index < -0.39 is 17.5 Å². The molecule has 0 atom stereocenters. The first-order valence-corrected chi connectivity index (χ1v) is 4.04. The van der Waals surface area contributed by atoms with Crippen molar-refractivity contribution in [2.24, 2.45) is 0 Å². The van der Waals surface area contributed by atoms with Crippen LogP contribution in [-0.2, 0) is 0 Å². The van der Waals surface area contributed by atoms with Crippen LogP contribution in [0, 0.1) is 21.4 Å². The van der Waals surface area contributed by atoms with Gasteiger partial charge in [0, 0.05) is 6.07 Å². The van der Waals surface area contributed by atoms with E-state index in [9.17, 15) is 14.5 Å². The monoisotopic (exact) mass is 230 g/mol. The predicted molar refractivity (Wildman–Crippen MR) is 49.4 cm³/mol. The van der Waals surface area contributed by atoms with E-state index in [1.807, 2.05) is 0 Å². The molecule has 78 valence electrons. The minimum absolute atomic E-state index is 0.106. The van der Waals surface area contributed by atoms with Gasteiger partial charge in [-0.05, 0) is 0 Å². The van der Waals surface area contributed by atoms with Gasteiger partial charge in [0.2, 0.25) is 6.86 Å². The van der Waals surface area contributed by atoms with Gasteiger partial charge in [-0.1, -0.05) is 11.6 Å². The smallest absolute Gasteiger partial charge is 0.292 e. The third kappa shape index (κ3) is 2.33. The molecule has 0 radical (unpaired) electrons. The van der Waals surface area contributed by atoms with Crippen LogP contribution in [0.3, 0.4) is 0 Å². The van der Waals surface area contributed by atoms with E-state index in [-0.39, 0.29) is 16.3 Å². The summed E-state index contributed by atoms with van der Waals surface area (Å²) in [6.45, 7) is -1.14. The molecule has 15 heavy (non-hydrogen) atoms. The van der Waals surface area contributed by atoms with Gasteiger partial charge < -0.3 is 4.74 Å². The van der Waals surface area contributed by atoms with E-state index in [2.05, 4.69) is 4.74 Å². The zero-order valence-corrected chi connectivity index (χ0v) is 7.99. The molecule has 1 rings (SSSR count). The number of rotatable bonds is 3. The first-order chi connectivity index (χ1) is 7.10. The van der Waals surface area contributed by atoms with Crippen LogP contribution < -0.4 is 4.74 Å². The van der Waals surface area contributed by atoms with Gasteiger partial charge in [-0.15, -0.1) is 0 Å². The topological polar surface area (TPSA) is 76.2 Å². The molecule has 0 saturated heterocycles. The summed E-state index contributed by atoms with van der Waals surface area (Å²) in [5, 5.41) is 18.8. The number of nitriles is 1. The molecule has 0 saturated carbocycles. The Labute approximate surface area is 88.8 Å². The Morgan fingerprint density at radius 3 is 2.80 bits per heavy atom. The molecule has 5 nitrogen and oxygen atoms in total. The second-order valence-electron chi connectivity index (χ2n) is 2.43. The van der Waals surface area contributed by atoms with Crippen LogP contribution >= 0.6 is 11.6 Å². The van der Waals surface area contributed by atoms with Crippen molar-refractivity contribution in [3.05, 3.63) is 32.8 Å². The van der Waals surface area contributed by atoms with Crippen molar-refractivity contribution in [1.29, 1.82) is 5.26 Å². The maximum Gasteiger partial charge on any atom is 0.292 e. The molecule has 0 aromatic heterocycles. The fourth-order valence-electron chi connectivity index (χ4n) is 0.944. The maximum absolute atomic E-state index is 11.8. The number of alkyl halides is 1. The molecule has 1 aromatic carbocycles. The molecule has 0 spiro atoms. The van der Waals surface area contributed by atoms with Crippen LogP contribution in [0.2, 0.25) is 5.02 Å². The third-order valence-corrected chi connectivity index (χ3v) is 1.96. The van der Waals surface area contributed by atoms with Crippen molar-refractivity contribution in [2.45, 2.75) is 0 Å². The first-order valence-electron chi connectivity index (χ1n) is 3.67. The highest BCUT2D eigenvalue weighted by Gasteiger charge is 2.18. The van der Waals surface area contributed by atoms with Crippen LogP contribution in [0.1, 0.15) is 5.56 Å². The summed E-state index contributed by atoms with van der Waals surface area (Å²) in [4.78, 5) is 9.74. The number of benzene rings is 1. The van der Waals surface area contributed by atoms with E-state index >= 15 is 0 Å². The second-order valence-corrected chi connectivity index (χ2v) is 2.80. The van der Waals surface area contributed by atoms with Crippen molar-refractivity contribution in [2.75, 3.05) is 6.86 Å². The van der Waals surface area contributed by atoms with Crippen molar-refractivity contribution in [3.8, 4) is 11.8 Å². The molecule has 1 aromatic rings. The summed E-state index contributed by atoms with van der Waals surface area (Å²) in [5.74, 6) is -0.106. The molecule has 0 fully saturated rings. The lowest BCUT2D eigenvalue weighted by atomic mass is 10.2. The summed E-state index contributed by atoms with van der Waals surface area (Å²) in [7, 11) is 0. The van der Waals surface area contributed by atoms with Crippen molar-refractivity contribution >= 4 is 17.3 Å². The van der Waals surface area contributed by atoms with E-state index in [1.165, 1.54) is 0 Å². The van der Waals surface area contributed by atoms with Gasteiger partial charge in [-0.25, -0.2) is 4.39 Å². The second kappa shape index (κ2) is 4.57. The van der Waals surface area contributed by atoms with Crippen molar-refractivity contribution in [1.82, 2.24) is 0 Å². The van der Waals surface area contributed by atoms with Crippen molar-refractivity contribution in [3.63, 3.8) is 0 Å². The Bertz CT molecular complexity index is 444. The SMILES string of the molecule is N#Cc1cc(OCF)cc([N+](=O)[O-])c1Cl. The number of nitro groups is 1. The molecule has 7 heteroatoms. The Kier molecular flexibility index (Phi) is 3.42. The maximum atomic E-state index is 11.8. The predicted octanol–water partition coefficient (Wildman–Crippen LogP) is 2.43. The number of hydrogen-bond acceptors (Lipinski definition) is 4. The lowest BCUT2D eigenvalue weighted by Gasteiger charge is -2.03. The summed E-state index contributed by atoms with van der Waals surface area (Å²) < 4.78 is 16.3. The molecule has 0 bridgehead atoms. The molecule has 0 aliphatic heterocycles. The average Bonchev–Trinajstić information content (AvgIpc) is 2.20. The van der Waals surface area contributed by atoms with E-state index in [1.54, 1.807) is 6.07 Å². The van der Waals surface area contributed by atoms with Crippen LogP contribution in [0.4, 0.5) is 10.1 Å². The van der Waals surface area contributed by atoms with Gasteiger partial charge in [0.05, 0.1) is 16.6 Å². The standard InChI is InChI=1S/C8H4ClFN2O3/c9-8-5(3-11)1-6(15-4-10)2-7(8)12(13)14/h1-2H,4H2. The Hall–Kier alpha value is -1.87. The van der Waals surface area contributed by atoms with Crippen LogP contribution in [-0.4, -0.2) is 11.8 Å². The number of halogens is 2. The number of nitrogens with zero attached hydrogens (tertiary/aromatic N) is 2. The summed E-state index contributed by atoms with van der Waals surface area (Å²) in [6.07, 6.45) is 0. The quantitative estimate of drug-likeness (QED) is 0.590. The first kappa shape index (κ1) is 11.2. The normalized spacial score (nSPS) is 9.40. The van der Waals surface area contributed by atoms with Gasteiger partial charge >= 0.3 is 0 Å². The molecule has 0 N–H and O–H groups in total. The zero-order chi connectivity index (χ0) is 11.4. The Morgan fingerprint density at radius 2 is 2.33 bits per heavy atom. The molecule has 0 aliphatic rings. The average molecular weight is 231 g/mol. The lowest BCUT2D eigenvalue weighted by molar-refractivity contribution is -0.384. The highest BCUT2D eigenvalue weighted by molar-refractivity contribution is 6.33. The Balaban J connectivity index is 3.33. The van der Waals surface area contributed by atoms with Gasteiger partial charge in [0.15, 0.2) is 0 Å². The molecule has 0 amide bonds. The fourth-order valence-corrected chi connectivity index (χ4v) is 1.16. The summed E-state index contributed by atoms with van der Waals surface area (Å²) in [5.41, 5.74) is -0.617. The van der Waals surface area contributed by atoms with E-state index in [4.69, 9.17) is 16.9 Å². The fraction of sp³-hybridized carbons (Fsp3) is 0.125. The largest absolute Gasteiger partial charge is 0.463 e. The zero-order valence-electron chi connectivity index (χ0n) is 7.24. The molecule has 0 aliphatic carbocycles. The molecular formula is C8H4ClFN2O3. The van der Waals surface area contributed by atoms with Crippen molar-refractivity contribution < 1.29 is 14.1 Å². The summed E-state index contributed by atoms with van der Waals surface area (Å²) >= 11 is 5.56. The van der Waals surface area contributed by atoms with Crippen LogP contribution in [0.25, 0.3) is 0 Å². The third-order valence-electron chi connectivity index (χ3n) is 1.57. The molecular weight excluding hydrogens is 227 g/mol. The molecule has 0 unspecified atom stereocenters.